The van der Waals surface area contributed by atoms with Gasteiger partial charge in [0.25, 0.3) is 5.69 Å². The summed E-state index contributed by atoms with van der Waals surface area (Å²) < 4.78 is 0. The van der Waals surface area contributed by atoms with Gasteiger partial charge in [0, 0.05) is 18.4 Å². The van der Waals surface area contributed by atoms with Crippen molar-refractivity contribution in [2.45, 2.75) is 13.3 Å². The van der Waals surface area contributed by atoms with Gasteiger partial charge in [0.2, 0.25) is 0 Å². The number of nitro benzene ring substituents is 1. The van der Waals surface area contributed by atoms with Gasteiger partial charge >= 0.3 is 0 Å². The summed E-state index contributed by atoms with van der Waals surface area (Å²) >= 11 is 0. The van der Waals surface area contributed by atoms with Gasteiger partial charge < -0.3 is 5.73 Å². The van der Waals surface area contributed by atoms with Gasteiger partial charge in [0.15, 0.2) is 0 Å². The molecule has 17 heavy (non-hydrogen) atoms. The van der Waals surface area contributed by atoms with Crippen molar-refractivity contribution in [1.82, 2.24) is 0 Å². The molecule has 1 aromatic rings. The van der Waals surface area contributed by atoms with Crippen LogP contribution in [0, 0.1) is 16.0 Å². The second-order valence-electron chi connectivity index (χ2n) is 3.96. The highest BCUT2D eigenvalue weighted by atomic mass is 16.6. The number of hydrogen-bond acceptors (Lipinski definition) is 5. The predicted octanol–water partition coefficient (Wildman–Crippen LogP) is 1.70. The summed E-state index contributed by atoms with van der Waals surface area (Å²) in [6.45, 7) is 1.93. The third kappa shape index (κ3) is 2.15. The Bertz CT molecular complexity index is 522. The minimum atomic E-state index is -0.410. The Morgan fingerprint density at radius 2 is 2.12 bits per heavy atom. The Hall–Kier alpha value is -2.24. The average Bonchev–Trinajstić information content (AvgIpc) is 2.29. The maximum Gasteiger partial charge on any atom is 0.278 e. The minimum Gasteiger partial charge on any atom is -0.386 e. The average molecular weight is 232 g/mol. The quantitative estimate of drug-likeness (QED) is 0.621. The summed E-state index contributed by atoms with van der Waals surface area (Å²) in [5.74, 6) is 0.494. The summed E-state index contributed by atoms with van der Waals surface area (Å²) in [7, 11) is 0. The topological polar surface area (TPSA) is 93.9 Å². The van der Waals surface area contributed by atoms with E-state index in [-0.39, 0.29) is 11.6 Å². The molecule has 1 aromatic carbocycles. The molecule has 0 fully saturated rings. The van der Waals surface area contributed by atoms with E-state index in [0.29, 0.717) is 23.5 Å². The van der Waals surface area contributed by atoms with E-state index in [1.54, 1.807) is 18.2 Å². The number of benzene rings is 1. The zero-order valence-electron chi connectivity index (χ0n) is 9.33. The molecular formula is C11H12N4O2. The van der Waals surface area contributed by atoms with Crippen LogP contribution in [-0.2, 0) is 0 Å². The molecule has 1 unspecified atom stereocenters. The van der Waals surface area contributed by atoms with Crippen molar-refractivity contribution >= 4 is 17.2 Å². The van der Waals surface area contributed by atoms with Gasteiger partial charge in [-0.15, -0.1) is 5.10 Å². The molecule has 0 spiro atoms. The van der Waals surface area contributed by atoms with Crippen LogP contribution < -0.4 is 5.73 Å². The normalized spacial score (nSPS) is 19.5. The Morgan fingerprint density at radius 1 is 1.41 bits per heavy atom. The third-order valence-electron chi connectivity index (χ3n) is 2.64. The molecule has 1 aliphatic rings. The van der Waals surface area contributed by atoms with Crippen molar-refractivity contribution < 1.29 is 4.92 Å². The van der Waals surface area contributed by atoms with Crippen molar-refractivity contribution in [2.24, 2.45) is 21.9 Å². The van der Waals surface area contributed by atoms with E-state index in [1.165, 1.54) is 6.07 Å². The number of rotatable bonds is 2. The van der Waals surface area contributed by atoms with Crippen LogP contribution in [0.4, 0.5) is 5.69 Å². The summed E-state index contributed by atoms with van der Waals surface area (Å²) in [6, 6.07) is 6.53. The lowest BCUT2D eigenvalue weighted by Gasteiger charge is -2.16. The molecule has 0 aromatic heterocycles. The maximum atomic E-state index is 10.9. The van der Waals surface area contributed by atoms with E-state index in [1.807, 2.05) is 6.92 Å². The lowest BCUT2D eigenvalue weighted by atomic mass is 9.93. The van der Waals surface area contributed by atoms with Gasteiger partial charge in [-0.3, -0.25) is 10.1 Å². The van der Waals surface area contributed by atoms with E-state index in [9.17, 15) is 10.1 Å². The number of nitro groups is 1. The second-order valence-corrected chi connectivity index (χ2v) is 3.96. The molecular weight excluding hydrogens is 220 g/mol. The van der Waals surface area contributed by atoms with Crippen molar-refractivity contribution in [3.8, 4) is 0 Å². The summed E-state index contributed by atoms with van der Waals surface area (Å²) in [4.78, 5) is 10.5. The van der Waals surface area contributed by atoms with Gasteiger partial charge in [0.05, 0.1) is 16.2 Å². The molecule has 0 saturated heterocycles. The molecule has 0 saturated carbocycles. The van der Waals surface area contributed by atoms with Crippen molar-refractivity contribution in [3.63, 3.8) is 0 Å². The molecule has 6 heteroatoms. The Labute approximate surface area is 98.0 Å². The van der Waals surface area contributed by atoms with Crippen molar-refractivity contribution in [2.75, 3.05) is 0 Å². The largest absolute Gasteiger partial charge is 0.386 e. The van der Waals surface area contributed by atoms with Gasteiger partial charge in [-0.1, -0.05) is 19.1 Å². The molecule has 2 N–H and O–H groups in total. The molecule has 6 nitrogen and oxygen atoms in total. The Morgan fingerprint density at radius 3 is 2.76 bits per heavy atom. The van der Waals surface area contributed by atoms with Gasteiger partial charge in [-0.2, -0.15) is 5.10 Å². The highest BCUT2D eigenvalue weighted by Crippen LogP contribution is 2.24. The fourth-order valence-corrected chi connectivity index (χ4v) is 1.84. The standard InChI is InChI=1S/C11H12N4O2/c1-7-6-10(12)13-14-11(7)8-4-2-3-5-9(8)15(16)17/h2-5,7H,6H2,1H3,(H2,12,13). The van der Waals surface area contributed by atoms with Crippen LogP contribution in [0.15, 0.2) is 34.5 Å². The molecule has 1 heterocycles. The second kappa shape index (κ2) is 4.32. The highest BCUT2D eigenvalue weighted by molar-refractivity contribution is 6.08. The molecule has 0 amide bonds. The van der Waals surface area contributed by atoms with E-state index < -0.39 is 4.92 Å². The first-order chi connectivity index (χ1) is 8.09. The van der Waals surface area contributed by atoms with E-state index in [0.717, 1.165) is 0 Å². The number of nitrogens with two attached hydrogens (primary N) is 1. The number of amidine groups is 1. The monoisotopic (exact) mass is 232 g/mol. The fraction of sp³-hybridized carbons (Fsp3) is 0.273. The zero-order valence-corrected chi connectivity index (χ0v) is 9.33. The maximum absolute atomic E-state index is 10.9. The third-order valence-corrected chi connectivity index (χ3v) is 2.64. The van der Waals surface area contributed by atoms with Crippen LogP contribution in [0.2, 0.25) is 0 Å². The number of hydrogen-bond donors (Lipinski definition) is 1. The number of nitrogens with zero attached hydrogens (tertiary/aromatic N) is 3. The Kier molecular flexibility index (Phi) is 2.86. The van der Waals surface area contributed by atoms with E-state index in [4.69, 9.17) is 5.73 Å². The first kappa shape index (κ1) is 11.3. The molecule has 1 aliphatic heterocycles. The molecule has 0 radical (unpaired) electrons. The number of para-hydroxylation sites is 1. The zero-order chi connectivity index (χ0) is 12.4. The smallest absolute Gasteiger partial charge is 0.278 e. The first-order valence-corrected chi connectivity index (χ1v) is 5.23. The molecule has 1 atom stereocenters. The lowest BCUT2D eigenvalue weighted by molar-refractivity contribution is -0.385. The van der Waals surface area contributed by atoms with Crippen molar-refractivity contribution in [3.05, 3.63) is 39.9 Å². The van der Waals surface area contributed by atoms with E-state index >= 15 is 0 Å². The minimum absolute atomic E-state index is 0.0357. The van der Waals surface area contributed by atoms with E-state index in [2.05, 4.69) is 10.2 Å². The summed E-state index contributed by atoms with van der Waals surface area (Å²) in [6.07, 6.45) is 0.574. The Balaban J connectivity index is 2.51. The van der Waals surface area contributed by atoms with Gasteiger partial charge in [-0.05, 0) is 6.07 Å². The molecule has 2 rings (SSSR count). The van der Waals surface area contributed by atoms with Crippen LogP contribution >= 0.6 is 0 Å². The SMILES string of the molecule is CC1CC(N)=NN=C1c1ccccc1[N+](=O)[O-]. The van der Waals surface area contributed by atoms with Crippen LogP contribution in [0.1, 0.15) is 18.9 Å². The van der Waals surface area contributed by atoms with Crippen molar-refractivity contribution in [1.29, 1.82) is 0 Å². The van der Waals surface area contributed by atoms with Crippen LogP contribution in [0.25, 0.3) is 0 Å². The lowest BCUT2D eigenvalue weighted by Crippen LogP contribution is -2.25. The first-order valence-electron chi connectivity index (χ1n) is 5.23. The molecule has 0 aliphatic carbocycles. The van der Waals surface area contributed by atoms with Gasteiger partial charge in [-0.25, -0.2) is 0 Å². The predicted molar refractivity (Wildman–Crippen MR) is 65.0 cm³/mol. The van der Waals surface area contributed by atoms with Crippen LogP contribution in [0.5, 0.6) is 0 Å². The summed E-state index contributed by atoms with van der Waals surface area (Å²) in [5, 5.41) is 18.7. The van der Waals surface area contributed by atoms with Crippen LogP contribution in [-0.4, -0.2) is 16.5 Å². The van der Waals surface area contributed by atoms with Gasteiger partial charge in [0.1, 0.15) is 5.84 Å². The molecule has 0 bridgehead atoms. The molecule has 88 valence electrons. The van der Waals surface area contributed by atoms with Crippen LogP contribution in [0.3, 0.4) is 0 Å². The highest BCUT2D eigenvalue weighted by Gasteiger charge is 2.24. The fourth-order valence-electron chi connectivity index (χ4n) is 1.84. The summed E-state index contributed by atoms with van der Waals surface area (Å²) in [5.41, 5.74) is 6.75.